The Labute approximate surface area is 414 Å². The van der Waals surface area contributed by atoms with Crippen LogP contribution in [0.2, 0.25) is 0 Å². The Hall–Kier alpha value is -2.06. The number of quaternary nitrogens is 1. The molecule has 0 spiro atoms. The van der Waals surface area contributed by atoms with E-state index in [1.807, 2.05) is 27.2 Å². The van der Waals surface area contributed by atoms with Crippen LogP contribution in [0.15, 0.2) is 72.9 Å². The lowest BCUT2D eigenvalue weighted by Crippen LogP contribution is -2.45. The van der Waals surface area contributed by atoms with Crippen molar-refractivity contribution in [1.82, 2.24) is 5.32 Å². The van der Waals surface area contributed by atoms with Gasteiger partial charge in [0.2, 0.25) is 5.91 Å². The fourth-order valence-corrected chi connectivity index (χ4v) is 8.55. The summed E-state index contributed by atoms with van der Waals surface area (Å²) in [5.74, 6) is -0.217. The molecule has 0 bridgehead atoms. The number of carbonyl (C=O) groups excluding carboxylic acids is 1. The summed E-state index contributed by atoms with van der Waals surface area (Å²) >= 11 is 0. The van der Waals surface area contributed by atoms with Gasteiger partial charge < -0.3 is 28.8 Å². The van der Waals surface area contributed by atoms with Crippen molar-refractivity contribution in [2.75, 3.05) is 40.9 Å². The van der Waals surface area contributed by atoms with E-state index in [2.05, 4.69) is 79.9 Å². The zero-order chi connectivity index (χ0) is 49.2. The molecule has 9 heteroatoms. The second-order valence-corrected chi connectivity index (χ2v) is 21.3. The lowest BCUT2D eigenvalue weighted by atomic mass is 10.0. The number of phosphoric acid groups is 1. The van der Waals surface area contributed by atoms with Gasteiger partial charge in [-0.3, -0.25) is 9.36 Å². The predicted octanol–water partition coefficient (Wildman–Crippen LogP) is 16.1. The molecule has 8 nitrogen and oxygen atoms in total. The maximum atomic E-state index is 12.9. The monoisotopic (exact) mass is 959 g/mol. The van der Waals surface area contributed by atoms with Gasteiger partial charge in [-0.05, 0) is 64.2 Å². The number of nitrogens with zero attached hydrogens (tertiary/aromatic N) is 1. The first-order valence-electron chi connectivity index (χ1n) is 27.8. The highest BCUT2D eigenvalue weighted by molar-refractivity contribution is 7.45. The molecular weight excluding hydrogens is 852 g/mol. The number of hydrogen-bond donors (Lipinski definition) is 2. The second kappa shape index (κ2) is 48.9. The Balaban J connectivity index is 4.30. The summed E-state index contributed by atoms with van der Waals surface area (Å²) in [7, 11) is 1.24. The molecule has 0 saturated carbocycles. The average molecular weight is 959 g/mol. The molecule has 2 N–H and O–H groups in total. The van der Waals surface area contributed by atoms with E-state index in [-0.39, 0.29) is 12.5 Å². The first-order valence-corrected chi connectivity index (χ1v) is 29.3. The van der Waals surface area contributed by atoms with Crippen molar-refractivity contribution in [3.05, 3.63) is 72.9 Å². The van der Waals surface area contributed by atoms with Crippen LogP contribution >= 0.6 is 7.82 Å². The fraction of sp³-hybridized carbons (Fsp3) is 0.776. The molecule has 1 amide bonds. The minimum absolute atomic E-state index is 0.00832. The zero-order valence-electron chi connectivity index (χ0n) is 44.3. The normalized spacial score (nSPS) is 14.6. The number of amides is 1. The van der Waals surface area contributed by atoms with Gasteiger partial charge in [0.1, 0.15) is 13.2 Å². The molecule has 0 radical (unpaired) electrons. The van der Waals surface area contributed by atoms with Crippen LogP contribution < -0.4 is 10.2 Å². The van der Waals surface area contributed by atoms with Crippen molar-refractivity contribution in [3.8, 4) is 0 Å². The molecule has 0 aliphatic heterocycles. The van der Waals surface area contributed by atoms with Crippen LogP contribution in [-0.4, -0.2) is 68.5 Å². The van der Waals surface area contributed by atoms with Gasteiger partial charge in [-0.15, -0.1) is 0 Å². The van der Waals surface area contributed by atoms with E-state index < -0.39 is 26.6 Å². The van der Waals surface area contributed by atoms with E-state index in [9.17, 15) is 19.4 Å². The van der Waals surface area contributed by atoms with Crippen molar-refractivity contribution in [2.45, 2.75) is 251 Å². The van der Waals surface area contributed by atoms with Crippen molar-refractivity contribution in [1.29, 1.82) is 0 Å². The Morgan fingerprint density at radius 1 is 0.537 bits per heavy atom. The lowest BCUT2D eigenvalue weighted by molar-refractivity contribution is -0.870. The third kappa shape index (κ3) is 51.6. The first kappa shape index (κ1) is 64.9. The van der Waals surface area contributed by atoms with Crippen LogP contribution in [0.4, 0.5) is 0 Å². The van der Waals surface area contributed by atoms with Crippen molar-refractivity contribution in [2.24, 2.45) is 0 Å². The number of aliphatic hydroxyl groups is 1. The molecule has 390 valence electrons. The van der Waals surface area contributed by atoms with Gasteiger partial charge in [0.15, 0.2) is 0 Å². The molecule has 0 aliphatic rings. The molecule has 67 heavy (non-hydrogen) atoms. The standard InChI is InChI=1S/C58H107N2O6P/c1-6-8-10-12-14-16-18-20-22-24-26-28-29-30-32-33-35-37-39-41-43-45-47-49-51-57(61)56(55-66-67(63,64)65-54-53-60(3,4)5)59-58(62)52-50-48-46-44-42-40-38-36-34-31-27-25-23-21-19-17-15-13-11-9-7-2/h9,11,15,17,21,23,27,31,36,38,49,51,56-57,61H,6-8,10,12-14,16,18-20,22,24-26,28-30,32-35,37,39-48,50,52-55H2,1-5H3,(H-,59,62,63,64)/b11-9-,17-15-,23-21-,31-27-,38-36-,51-49+. The smallest absolute Gasteiger partial charge is 0.268 e. The molecule has 3 unspecified atom stereocenters. The van der Waals surface area contributed by atoms with E-state index >= 15 is 0 Å². The van der Waals surface area contributed by atoms with Crippen molar-refractivity contribution < 1.29 is 32.9 Å². The summed E-state index contributed by atoms with van der Waals surface area (Å²) in [4.78, 5) is 25.5. The highest BCUT2D eigenvalue weighted by Gasteiger charge is 2.23. The quantitative estimate of drug-likeness (QED) is 0.0272. The molecule has 0 aromatic rings. The van der Waals surface area contributed by atoms with E-state index in [1.165, 1.54) is 128 Å². The topological polar surface area (TPSA) is 108 Å². The van der Waals surface area contributed by atoms with Crippen LogP contribution in [-0.2, 0) is 18.4 Å². The van der Waals surface area contributed by atoms with Gasteiger partial charge in [-0.2, -0.15) is 0 Å². The third-order valence-electron chi connectivity index (χ3n) is 12.2. The maximum Gasteiger partial charge on any atom is 0.268 e. The second-order valence-electron chi connectivity index (χ2n) is 19.9. The van der Waals surface area contributed by atoms with Crippen LogP contribution in [0.3, 0.4) is 0 Å². The molecule has 0 fully saturated rings. The summed E-state index contributed by atoms with van der Waals surface area (Å²) < 4.78 is 23.3. The number of rotatable bonds is 50. The molecule has 0 rings (SSSR count). The minimum Gasteiger partial charge on any atom is -0.756 e. The van der Waals surface area contributed by atoms with E-state index in [0.717, 1.165) is 89.9 Å². The minimum atomic E-state index is -4.61. The Morgan fingerprint density at radius 2 is 0.910 bits per heavy atom. The van der Waals surface area contributed by atoms with E-state index in [4.69, 9.17) is 9.05 Å². The number of aliphatic hydroxyl groups excluding tert-OH is 1. The first-order chi connectivity index (χ1) is 32.5. The average Bonchev–Trinajstić information content (AvgIpc) is 3.29. The summed E-state index contributed by atoms with van der Waals surface area (Å²) in [6.07, 6.45) is 66.8. The van der Waals surface area contributed by atoms with Crippen molar-refractivity contribution >= 4 is 13.7 Å². The van der Waals surface area contributed by atoms with Gasteiger partial charge in [0.25, 0.3) is 7.82 Å². The molecule has 0 heterocycles. The SMILES string of the molecule is CC/C=C\C/C=C\C/C=C\C/C=C\C/C=C\CCCCCCCC(=O)NC(COP(=O)([O-])OCC[N+](C)(C)C)C(O)/C=C/CCCCCCCCCCCCCCCCCCCCCCCC. The maximum absolute atomic E-state index is 12.9. The molecule has 0 saturated heterocycles. The van der Waals surface area contributed by atoms with Crippen LogP contribution in [0, 0.1) is 0 Å². The largest absolute Gasteiger partial charge is 0.756 e. The van der Waals surface area contributed by atoms with Gasteiger partial charge in [0, 0.05) is 6.42 Å². The Morgan fingerprint density at radius 3 is 1.33 bits per heavy atom. The van der Waals surface area contributed by atoms with Gasteiger partial charge in [-0.1, -0.05) is 241 Å². The zero-order valence-corrected chi connectivity index (χ0v) is 45.2. The molecule has 0 aliphatic carbocycles. The Bertz CT molecular complexity index is 1320. The summed E-state index contributed by atoms with van der Waals surface area (Å²) in [6, 6.07) is -0.902. The van der Waals surface area contributed by atoms with Gasteiger partial charge in [0.05, 0.1) is 39.9 Å². The number of carbonyl (C=O) groups is 1. The number of allylic oxidation sites excluding steroid dienone is 11. The highest BCUT2D eigenvalue weighted by Crippen LogP contribution is 2.38. The summed E-state index contributed by atoms with van der Waals surface area (Å²) in [6.45, 7) is 4.53. The summed E-state index contributed by atoms with van der Waals surface area (Å²) in [5, 5.41) is 13.9. The number of unbranched alkanes of at least 4 members (excludes halogenated alkanes) is 27. The van der Waals surface area contributed by atoms with Crippen LogP contribution in [0.5, 0.6) is 0 Å². The van der Waals surface area contributed by atoms with E-state index in [1.54, 1.807) is 6.08 Å². The number of likely N-dealkylation sites (N-methyl/N-ethyl adjacent to an activating group) is 1. The lowest BCUT2D eigenvalue weighted by Gasteiger charge is -2.29. The highest BCUT2D eigenvalue weighted by atomic mass is 31.2. The van der Waals surface area contributed by atoms with Gasteiger partial charge in [-0.25, -0.2) is 0 Å². The van der Waals surface area contributed by atoms with Crippen molar-refractivity contribution in [3.63, 3.8) is 0 Å². The number of nitrogens with one attached hydrogen (secondary N) is 1. The van der Waals surface area contributed by atoms with Crippen LogP contribution in [0.25, 0.3) is 0 Å². The number of hydrogen-bond acceptors (Lipinski definition) is 6. The molecular formula is C58H107N2O6P. The predicted molar refractivity (Wildman–Crippen MR) is 288 cm³/mol. The molecule has 0 aromatic heterocycles. The summed E-state index contributed by atoms with van der Waals surface area (Å²) in [5.41, 5.74) is 0. The molecule has 0 aromatic carbocycles. The third-order valence-corrected chi connectivity index (χ3v) is 13.1. The van der Waals surface area contributed by atoms with Gasteiger partial charge >= 0.3 is 0 Å². The Kier molecular flexibility index (Phi) is 47.4. The molecule has 3 atom stereocenters. The van der Waals surface area contributed by atoms with Crippen LogP contribution in [0.1, 0.15) is 239 Å². The fourth-order valence-electron chi connectivity index (χ4n) is 7.83. The van der Waals surface area contributed by atoms with E-state index in [0.29, 0.717) is 17.4 Å². The number of phosphoric ester groups is 1.